The first kappa shape index (κ1) is 13.2. The Bertz CT molecular complexity index is 464. The van der Waals surface area contributed by atoms with Gasteiger partial charge in [0.15, 0.2) is 0 Å². The van der Waals surface area contributed by atoms with Gasteiger partial charge in [0.05, 0.1) is 0 Å². The molecular formula is C16H23NO. The summed E-state index contributed by atoms with van der Waals surface area (Å²) in [5, 5.41) is 0. The Kier molecular flexibility index (Phi) is 3.76. The average Bonchev–Trinajstić information content (AvgIpc) is 2.68. The van der Waals surface area contributed by atoms with Gasteiger partial charge in [-0.15, -0.1) is 0 Å². The van der Waals surface area contributed by atoms with Crippen molar-refractivity contribution < 1.29 is 4.74 Å². The van der Waals surface area contributed by atoms with E-state index in [4.69, 9.17) is 10.5 Å². The van der Waals surface area contributed by atoms with E-state index in [1.165, 1.54) is 16.7 Å². The first-order valence-electron chi connectivity index (χ1n) is 6.72. The molecule has 0 heterocycles. The molecule has 2 N–H and O–H groups in total. The molecule has 0 aromatic heterocycles. The second-order valence-electron chi connectivity index (χ2n) is 5.34. The first-order valence-corrected chi connectivity index (χ1v) is 6.72. The fraction of sp³-hybridized carbons (Fsp3) is 0.500. The lowest BCUT2D eigenvalue weighted by Gasteiger charge is -2.26. The zero-order valence-electron chi connectivity index (χ0n) is 11.6. The smallest absolute Gasteiger partial charge is 0.0465 e. The minimum absolute atomic E-state index is 0.172. The van der Waals surface area contributed by atoms with Gasteiger partial charge in [-0.3, -0.25) is 0 Å². The van der Waals surface area contributed by atoms with Crippen LogP contribution in [0, 0.1) is 0 Å². The third-order valence-electron chi connectivity index (χ3n) is 4.00. The van der Waals surface area contributed by atoms with E-state index >= 15 is 0 Å². The van der Waals surface area contributed by atoms with E-state index in [1.807, 2.05) is 0 Å². The van der Waals surface area contributed by atoms with Crippen molar-refractivity contribution in [2.45, 2.75) is 38.5 Å². The van der Waals surface area contributed by atoms with Crippen molar-refractivity contribution >= 4 is 11.8 Å². The van der Waals surface area contributed by atoms with Crippen LogP contribution in [0.5, 0.6) is 0 Å². The van der Waals surface area contributed by atoms with Crippen molar-refractivity contribution in [1.82, 2.24) is 0 Å². The zero-order valence-corrected chi connectivity index (χ0v) is 11.6. The molecule has 0 bridgehead atoms. The third-order valence-corrected chi connectivity index (χ3v) is 4.00. The van der Waals surface area contributed by atoms with E-state index in [2.05, 4.69) is 38.1 Å². The van der Waals surface area contributed by atoms with Gasteiger partial charge < -0.3 is 10.5 Å². The highest BCUT2D eigenvalue weighted by Crippen LogP contribution is 2.41. The summed E-state index contributed by atoms with van der Waals surface area (Å²) in [5.41, 5.74) is 11.2. The Morgan fingerprint density at radius 2 is 2.11 bits per heavy atom. The molecule has 2 heteroatoms. The van der Waals surface area contributed by atoms with Crippen LogP contribution < -0.4 is 5.73 Å². The monoisotopic (exact) mass is 245 g/mol. The van der Waals surface area contributed by atoms with E-state index in [0.29, 0.717) is 0 Å². The lowest BCUT2D eigenvalue weighted by Crippen LogP contribution is -2.18. The fourth-order valence-corrected chi connectivity index (χ4v) is 2.84. The van der Waals surface area contributed by atoms with Gasteiger partial charge in [0.1, 0.15) is 0 Å². The summed E-state index contributed by atoms with van der Waals surface area (Å²) in [6, 6.07) is 4.22. The molecule has 0 fully saturated rings. The van der Waals surface area contributed by atoms with Gasteiger partial charge in [-0.2, -0.15) is 0 Å². The molecule has 1 aliphatic rings. The summed E-state index contributed by atoms with van der Waals surface area (Å²) in [5.74, 6) is 0. The highest BCUT2D eigenvalue weighted by atomic mass is 16.5. The number of methoxy groups -OCH3 is 1. The lowest BCUT2D eigenvalue weighted by atomic mass is 9.78. The van der Waals surface area contributed by atoms with Crippen LogP contribution in [0.2, 0.25) is 0 Å². The number of nitrogen functional groups attached to an aromatic ring is 1. The van der Waals surface area contributed by atoms with Crippen molar-refractivity contribution in [2.24, 2.45) is 0 Å². The molecule has 2 nitrogen and oxygen atoms in total. The van der Waals surface area contributed by atoms with E-state index < -0.39 is 0 Å². The standard InChI is InChI=1S/C16H23NO/c1-4-16(2)8-7-13-11-14(17)10-12(15(13)16)6-5-9-18-3/h7-8,10-11H,4-6,9,17H2,1-3H3. The third kappa shape index (κ3) is 2.30. The molecule has 0 aliphatic heterocycles. The maximum absolute atomic E-state index is 6.00. The summed E-state index contributed by atoms with van der Waals surface area (Å²) in [6.45, 7) is 5.36. The fourth-order valence-electron chi connectivity index (χ4n) is 2.84. The summed E-state index contributed by atoms with van der Waals surface area (Å²) in [6.07, 6.45) is 7.74. The molecule has 2 rings (SSSR count). The Balaban J connectivity index is 2.36. The predicted octanol–water partition coefficient (Wildman–Crippen LogP) is 3.54. The molecule has 1 aliphatic carbocycles. The van der Waals surface area contributed by atoms with Crippen LogP contribution in [0.4, 0.5) is 5.69 Å². The molecule has 0 saturated heterocycles. The minimum Gasteiger partial charge on any atom is -0.399 e. The summed E-state index contributed by atoms with van der Waals surface area (Å²) in [7, 11) is 1.75. The van der Waals surface area contributed by atoms with Gasteiger partial charge in [-0.1, -0.05) is 26.0 Å². The van der Waals surface area contributed by atoms with Crippen molar-refractivity contribution in [3.63, 3.8) is 0 Å². The Labute approximate surface area is 110 Å². The van der Waals surface area contributed by atoms with E-state index in [-0.39, 0.29) is 5.41 Å². The summed E-state index contributed by atoms with van der Waals surface area (Å²) < 4.78 is 5.14. The normalized spacial score (nSPS) is 21.3. The number of fused-ring (bicyclic) bond motifs is 1. The molecule has 1 atom stereocenters. The Morgan fingerprint density at radius 1 is 1.33 bits per heavy atom. The molecule has 98 valence electrons. The van der Waals surface area contributed by atoms with Crippen LogP contribution >= 0.6 is 0 Å². The van der Waals surface area contributed by atoms with Gasteiger partial charge >= 0.3 is 0 Å². The van der Waals surface area contributed by atoms with Gasteiger partial charge in [0.2, 0.25) is 0 Å². The van der Waals surface area contributed by atoms with E-state index in [0.717, 1.165) is 31.6 Å². The zero-order chi connectivity index (χ0) is 13.2. The molecule has 1 aromatic rings. The number of rotatable bonds is 5. The van der Waals surface area contributed by atoms with Crippen LogP contribution in [0.1, 0.15) is 43.4 Å². The highest BCUT2D eigenvalue weighted by Gasteiger charge is 2.30. The quantitative estimate of drug-likeness (QED) is 0.636. The van der Waals surface area contributed by atoms with E-state index in [9.17, 15) is 0 Å². The second kappa shape index (κ2) is 5.15. The second-order valence-corrected chi connectivity index (χ2v) is 5.34. The molecule has 0 amide bonds. The topological polar surface area (TPSA) is 35.2 Å². The molecule has 18 heavy (non-hydrogen) atoms. The molecule has 0 radical (unpaired) electrons. The van der Waals surface area contributed by atoms with Gasteiger partial charge in [0, 0.05) is 24.8 Å². The van der Waals surface area contributed by atoms with Gasteiger partial charge in [-0.05, 0) is 48.1 Å². The van der Waals surface area contributed by atoms with Crippen molar-refractivity contribution in [3.05, 3.63) is 34.9 Å². The van der Waals surface area contributed by atoms with E-state index in [1.54, 1.807) is 7.11 Å². The number of hydrogen-bond acceptors (Lipinski definition) is 2. The molecule has 0 saturated carbocycles. The van der Waals surface area contributed by atoms with Crippen molar-refractivity contribution in [2.75, 3.05) is 19.5 Å². The van der Waals surface area contributed by atoms with Crippen LogP contribution in [0.3, 0.4) is 0 Å². The van der Waals surface area contributed by atoms with Crippen LogP contribution in [-0.2, 0) is 16.6 Å². The number of ether oxygens (including phenoxy) is 1. The maximum atomic E-state index is 6.00. The molecule has 1 aromatic carbocycles. The number of hydrogen-bond donors (Lipinski definition) is 1. The van der Waals surface area contributed by atoms with Crippen molar-refractivity contribution in [1.29, 1.82) is 0 Å². The number of benzene rings is 1. The predicted molar refractivity (Wildman–Crippen MR) is 77.7 cm³/mol. The Hall–Kier alpha value is -1.28. The first-order chi connectivity index (χ1) is 8.60. The van der Waals surface area contributed by atoms with Gasteiger partial charge in [0.25, 0.3) is 0 Å². The summed E-state index contributed by atoms with van der Waals surface area (Å²) in [4.78, 5) is 0. The number of anilines is 1. The van der Waals surface area contributed by atoms with Crippen molar-refractivity contribution in [3.8, 4) is 0 Å². The SMILES string of the molecule is CCC1(C)C=Cc2cc(N)cc(CCCOC)c21. The van der Waals surface area contributed by atoms with Crippen LogP contribution in [0.15, 0.2) is 18.2 Å². The minimum atomic E-state index is 0.172. The molecule has 1 unspecified atom stereocenters. The largest absolute Gasteiger partial charge is 0.399 e. The van der Waals surface area contributed by atoms with Gasteiger partial charge in [-0.25, -0.2) is 0 Å². The van der Waals surface area contributed by atoms with Crippen LogP contribution in [-0.4, -0.2) is 13.7 Å². The van der Waals surface area contributed by atoms with Crippen LogP contribution in [0.25, 0.3) is 6.08 Å². The average molecular weight is 245 g/mol. The summed E-state index contributed by atoms with van der Waals surface area (Å²) >= 11 is 0. The maximum Gasteiger partial charge on any atom is 0.0465 e. The number of nitrogens with two attached hydrogens (primary N) is 1. The Morgan fingerprint density at radius 3 is 2.78 bits per heavy atom. The highest BCUT2D eigenvalue weighted by molar-refractivity contribution is 5.70. The lowest BCUT2D eigenvalue weighted by molar-refractivity contribution is 0.195. The number of aryl methyl sites for hydroxylation is 1. The molecular weight excluding hydrogens is 222 g/mol. The number of allylic oxidation sites excluding steroid dienone is 1. The molecule has 0 spiro atoms.